The molecule has 20 heavy (non-hydrogen) atoms. The topological polar surface area (TPSA) is 6.48 Å². The second-order valence-corrected chi connectivity index (χ2v) is 6.43. The Morgan fingerprint density at radius 1 is 0.900 bits per heavy atom. The second-order valence-electron chi connectivity index (χ2n) is 6.43. The Morgan fingerprint density at radius 3 is 1.85 bits per heavy atom. The lowest BCUT2D eigenvalue weighted by molar-refractivity contribution is 0.185. The van der Waals surface area contributed by atoms with E-state index in [1.807, 2.05) is 0 Å². The van der Waals surface area contributed by atoms with E-state index >= 15 is 0 Å². The zero-order valence-corrected chi connectivity index (χ0v) is 14.3. The van der Waals surface area contributed by atoms with Crippen molar-refractivity contribution < 1.29 is 0 Å². The van der Waals surface area contributed by atoms with E-state index in [1.54, 1.807) is 0 Å². The van der Waals surface area contributed by atoms with E-state index < -0.39 is 0 Å². The molecule has 0 aromatic heterocycles. The average molecular weight is 280 g/mol. The lowest BCUT2D eigenvalue weighted by atomic mass is 10.1. The number of rotatable bonds is 11. The fraction of sp³-hybridized carbons (Fsp3) is 0.889. The van der Waals surface area contributed by atoms with Crippen LogP contribution in [-0.4, -0.2) is 29.6 Å². The van der Waals surface area contributed by atoms with E-state index in [9.17, 15) is 0 Å². The van der Waals surface area contributed by atoms with Gasteiger partial charge in [-0.2, -0.15) is 0 Å². The lowest BCUT2D eigenvalue weighted by Crippen LogP contribution is -2.34. The number of allylic oxidation sites excluding steroid dienone is 1. The van der Waals surface area contributed by atoms with Crippen LogP contribution in [0.5, 0.6) is 0 Å². The predicted molar refractivity (Wildman–Crippen MR) is 89.5 cm³/mol. The van der Waals surface area contributed by atoms with Crippen LogP contribution in [0.15, 0.2) is 11.9 Å². The summed E-state index contributed by atoms with van der Waals surface area (Å²) in [6.45, 7) is 8.01. The molecule has 0 aliphatic carbocycles. The molecule has 2 heteroatoms. The third-order valence-electron chi connectivity index (χ3n) is 4.72. The molecule has 0 saturated carbocycles. The van der Waals surface area contributed by atoms with Gasteiger partial charge in [-0.05, 0) is 20.3 Å². The summed E-state index contributed by atoms with van der Waals surface area (Å²) in [5.74, 6) is 0. The second kappa shape index (κ2) is 10.1. The minimum absolute atomic E-state index is 0.550. The Balaban J connectivity index is 1.90. The number of hydrogen-bond acceptors (Lipinski definition) is 2. The van der Waals surface area contributed by atoms with Crippen molar-refractivity contribution in [3.8, 4) is 0 Å². The summed E-state index contributed by atoms with van der Waals surface area (Å²) >= 11 is 0. The summed E-state index contributed by atoms with van der Waals surface area (Å²) in [5, 5.41) is 0. The van der Waals surface area contributed by atoms with E-state index in [1.165, 1.54) is 76.5 Å². The number of unbranched alkanes of at least 4 members (excludes halogenated alkanes) is 9. The van der Waals surface area contributed by atoms with Crippen molar-refractivity contribution in [3.05, 3.63) is 11.9 Å². The normalized spacial score (nSPS) is 18.8. The van der Waals surface area contributed by atoms with Crippen LogP contribution in [-0.2, 0) is 0 Å². The van der Waals surface area contributed by atoms with Gasteiger partial charge in [0.1, 0.15) is 0 Å². The van der Waals surface area contributed by atoms with Gasteiger partial charge in [-0.3, -0.25) is 0 Å². The molecule has 0 saturated heterocycles. The van der Waals surface area contributed by atoms with Crippen LogP contribution >= 0.6 is 0 Å². The monoisotopic (exact) mass is 280 g/mol. The Labute approximate surface area is 127 Å². The van der Waals surface area contributed by atoms with Gasteiger partial charge in [-0.15, -0.1) is 0 Å². The SMILES string of the molecule is CCCCCCCCCCCCN1C=C(C)N(C)C1C. The van der Waals surface area contributed by atoms with Gasteiger partial charge in [0.15, 0.2) is 0 Å². The fourth-order valence-corrected chi connectivity index (χ4v) is 2.99. The molecule has 1 unspecified atom stereocenters. The molecule has 1 aliphatic heterocycles. The molecule has 1 aliphatic rings. The quantitative estimate of drug-likeness (QED) is 0.470. The van der Waals surface area contributed by atoms with E-state index in [-0.39, 0.29) is 0 Å². The first-order valence-electron chi connectivity index (χ1n) is 8.83. The van der Waals surface area contributed by atoms with Crippen LogP contribution in [0.4, 0.5) is 0 Å². The van der Waals surface area contributed by atoms with Crippen molar-refractivity contribution in [2.24, 2.45) is 0 Å². The Morgan fingerprint density at radius 2 is 1.40 bits per heavy atom. The van der Waals surface area contributed by atoms with E-state index in [0.717, 1.165) is 0 Å². The Bertz CT molecular complexity index is 273. The first-order valence-corrected chi connectivity index (χ1v) is 8.83. The van der Waals surface area contributed by atoms with Crippen molar-refractivity contribution >= 4 is 0 Å². The largest absolute Gasteiger partial charge is 0.357 e. The number of nitrogens with zero attached hydrogens (tertiary/aromatic N) is 2. The van der Waals surface area contributed by atoms with Crippen LogP contribution < -0.4 is 0 Å². The first-order chi connectivity index (χ1) is 9.66. The van der Waals surface area contributed by atoms with Crippen LogP contribution in [0.3, 0.4) is 0 Å². The Kier molecular flexibility index (Phi) is 8.80. The third kappa shape index (κ3) is 6.19. The molecule has 0 fully saturated rings. The zero-order valence-electron chi connectivity index (χ0n) is 14.3. The highest BCUT2D eigenvalue weighted by atomic mass is 15.4. The molecule has 0 amide bonds. The van der Waals surface area contributed by atoms with Crippen molar-refractivity contribution in [1.29, 1.82) is 0 Å². The molecular formula is C18H36N2. The molecule has 0 spiro atoms. The van der Waals surface area contributed by atoms with Crippen LogP contribution in [0.25, 0.3) is 0 Å². The predicted octanol–water partition coefficient (Wildman–Crippen LogP) is 5.36. The van der Waals surface area contributed by atoms with Gasteiger partial charge in [0, 0.05) is 25.5 Å². The minimum atomic E-state index is 0.550. The molecule has 0 bridgehead atoms. The molecule has 0 aromatic carbocycles. The van der Waals surface area contributed by atoms with Gasteiger partial charge >= 0.3 is 0 Å². The van der Waals surface area contributed by atoms with Gasteiger partial charge in [0.05, 0.1) is 6.17 Å². The summed E-state index contributed by atoms with van der Waals surface area (Å²) in [7, 11) is 2.19. The molecule has 1 atom stereocenters. The standard InChI is InChI=1S/C18H36N2/c1-5-6-7-8-9-10-11-12-13-14-15-20-16-17(2)19(4)18(20)3/h16,18H,5-15H2,1-4H3. The molecule has 118 valence electrons. The lowest BCUT2D eigenvalue weighted by Gasteiger charge is -2.27. The number of hydrogen-bond donors (Lipinski definition) is 0. The van der Waals surface area contributed by atoms with Gasteiger partial charge in [-0.1, -0.05) is 64.7 Å². The highest BCUT2D eigenvalue weighted by molar-refractivity contribution is 5.05. The maximum Gasteiger partial charge on any atom is 0.0977 e. The van der Waals surface area contributed by atoms with Crippen molar-refractivity contribution in [2.45, 2.75) is 91.1 Å². The molecule has 0 aromatic rings. The smallest absolute Gasteiger partial charge is 0.0977 e. The van der Waals surface area contributed by atoms with Gasteiger partial charge in [-0.25, -0.2) is 0 Å². The fourth-order valence-electron chi connectivity index (χ4n) is 2.99. The van der Waals surface area contributed by atoms with Crippen LogP contribution in [0.1, 0.15) is 85.0 Å². The molecule has 2 nitrogen and oxygen atoms in total. The zero-order chi connectivity index (χ0) is 14.8. The molecular weight excluding hydrogens is 244 g/mol. The van der Waals surface area contributed by atoms with Gasteiger partial charge < -0.3 is 9.80 Å². The van der Waals surface area contributed by atoms with Crippen molar-refractivity contribution in [2.75, 3.05) is 13.6 Å². The molecule has 0 radical (unpaired) electrons. The summed E-state index contributed by atoms with van der Waals surface area (Å²) in [6, 6.07) is 0. The molecule has 1 rings (SSSR count). The minimum Gasteiger partial charge on any atom is -0.357 e. The van der Waals surface area contributed by atoms with E-state index in [0.29, 0.717) is 6.17 Å². The summed E-state index contributed by atoms with van der Waals surface area (Å²) in [4.78, 5) is 4.84. The maximum absolute atomic E-state index is 2.49. The highest BCUT2D eigenvalue weighted by Crippen LogP contribution is 2.20. The summed E-state index contributed by atoms with van der Waals surface area (Å²) < 4.78 is 0. The first kappa shape index (κ1) is 17.4. The summed E-state index contributed by atoms with van der Waals surface area (Å²) in [6.07, 6.45) is 17.1. The maximum atomic E-state index is 2.49. The molecule has 1 heterocycles. The van der Waals surface area contributed by atoms with E-state index in [2.05, 4.69) is 43.8 Å². The highest BCUT2D eigenvalue weighted by Gasteiger charge is 2.21. The molecule has 0 N–H and O–H groups in total. The van der Waals surface area contributed by atoms with Crippen LogP contribution in [0.2, 0.25) is 0 Å². The van der Waals surface area contributed by atoms with E-state index in [4.69, 9.17) is 0 Å². The van der Waals surface area contributed by atoms with Gasteiger partial charge in [0.2, 0.25) is 0 Å². The van der Waals surface area contributed by atoms with Crippen LogP contribution in [0, 0.1) is 0 Å². The Hall–Kier alpha value is -0.660. The summed E-state index contributed by atoms with van der Waals surface area (Å²) in [5.41, 5.74) is 1.39. The van der Waals surface area contributed by atoms with Crippen molar-refractivity contribution in [3.63, 3.8) is 0 Å². The third-order valence-corrected chi connectivity index (χ3v) is 4.72. The van der Waals surface area contributed by atoms with Gasteiger partial charge in [0.25, 0.3) is 0 Å². The average Bonchev–Trinajstić information content (AvgIpc) is 2.68. The van der Waals surface area contributed by atoms with Crippen molar-refractivity contribution in [1.82, 2.24) is 9.80 Å².